The van der Waals surface area contributed by atoms with Crippen molar-refractivity contribution in [2.45, 2.75) is 26.8 Å². The first-order valence-electron chi connectivity index (χ1n) is 6.32. The Kier molecular flexibility index (Phi) is 4.55. The molecule has 2 heterocycles. The third-order valence-electron chi connectivity index (χ3n) is 2.86. The number of anilines is 1. The summed E-state index contributed by atoms with van der Waals surface area (Å²) in [6.45, 7) is 7.62. The van der Waals surface area contributed by atoms with Gasteiger partial charge < -0.3 is 14.6 Å². The normalized spacial score (nSPS) is 12.6. The fourth-order valence-electron chi connectivity index (χ4n) is 1.89. The molecule has 1 atom stereocenters. The van der Waals surface area contributed by atoms with Gasteiger partial charge in [-0.05, 0) is 20.8 Å². The maximum Gasteiger partial charge on any atom is 0.203 e. The van der Waals surface area contributed by atoms with E-state index < -0.39 is 0 Å². The number of aryl methyl sites for hydroxylation is 2. The van der Waals surface area contributed by atoms with Crippen LogP contribution in [0.15, 0.2) is 12.4 Å². The van der Waals surface area contributed by atoms with Crippen molar-refractivity contribution in [1.82, 2.24) is 14.5 Å². The summed E-state index contributed by atoms with van der Waals surface area (Å²) in [6.07, 6.45) is 3.97. The molecular formula is C13H20N4OS. The van der Waals surface area contributed by atoms with Crippen LogP contribution < -0.4 is 5.32 Å². The molecule has 0 aliphatic heterocycles. The summed E-state index contributed by atoms with van der Waals surface area (Å²) >= 11 is 1.72. The van der Waals surface area contributed by atoms with E-state index in [1.54, 1.807) is 18.4 Å². The molecule has 0 aliphatic rings. The molecule has 2 rings (SSSR count). The van der Waals surface area contributed by atoms with Crippen LogP contribution in [0.5, 0.6) is 0 Å². The van der Waals surface area contributed by atoms with Crippen molar-refractivity contribution in [1.29, 1.82) is 0 Å². The maximum absolute atomic E-state index is 5.05. The van der Waals surface area contributed by atoms with Gasteiger partial charge >= 0.3 is 0 Å². The Bertz CT molecular complexity index is 534. The predicted molar refractivity (Wildman–Crippen MR) is 78.0 cm³/mol. The van der Waals surface area contributed by atoms with Crippen molar-refractivity contribution in [2.24, 2.45) is 0 Å². The van der Waals surface area contributed by atoms with Crippen LogP contribution in [-0.2, 0) is 4.74 Å². The van der Waals surface area contributed by atoms with Crippen LogP contribution in [0, 0.1) is 13.8 Å². The van der Waals surface area contributed by atoms with Gasteiger partial charge in [0.2, 0.25) is 5.95 Å². The van der Waals surface area contributed by atoms with Crippen LogP contribution in [0.2, 0.25) is 0 Å². The Labute approximate surface area is 117 Å². The molecule has 0 amide bonds. The summed E-state index contributed by atoms with van der Waals surface area (Å²) < 4.78 is 7.18. The van der Waals surface area contributed by atoms with E-state index >= 15 is 0 Å². The first kappa shape index (κ1) is 14.0. The van der Waals surface area contributed by atoms with E-state index in [1.165, 1.54) is 4.88 Å². The number of hydrogen-bond acceptors (Lipinski definition) is 5. The summed E-state index contributed by atoms with van der Waals surface area (Å²) in [5.41, 5.74) is 1.00. The third kappa shape index (κ3) is 3.33. The van der Waals surface area contributed by atoms with Crippen LogP contribution in [0.25, 0.3) is 0 Å². The van der Waals surface area contributed by atoms with Gasteiger partial charge in [-0.3, -0.25) is 0 Å². The highest BCUT2D eigenvalue weighted by molar-refractivity contribution is 7.11. The molecule has 1 N–H and O–H groups in total. The zero-order chi connectivity index (χ0) is 13.8. The van der Waals surface area contributed by atoms with Gasteiger partial charge in [0.25, 0.3) is 0 Å². The molecular weight excluding hydrogens is 260 g/mol. The molecule has 0 aliphatic carbocycles. The van der Waals surface area contributed by atoms with Crippen LogP contribution >= 0.6 is 11.3 Å². The van der Waals surface area contributed by atoms with E-state index in [0.29, 0.717) is 6.61 Å². The molecule has 0 fully saturated rings. The molecule has 0 spiro atoms. The molecule has 1 unspecified atom stereocenters. The SMILES string of the molecule is COCCNc1nc(C)cn1C(C)c1ncc(C)s1. The molecule has 0 saturated heterocycles. The van der Waals surface area contributed by atoms with Crippen molar-refractivity contribution < 1.29 is 4.74 Å². The molecule has 2 aromatic heterocycles. The number of rotatable bonds is 6. The third-order valence-corrected chi connectivity index (χ3v) is 3.94. The van der Waals surface area contributed by atoms with E-state index in [0.717, 1.165) is 23.2 Å². The lowest BCUT2D eigenvalue weighted by Crippen LogP contribution is -2.14. The highest BCUT2D eigenvalue weighted by Crippen LogP contribution is 2.26. The van der Waals surface area contributed by atoms with Crippen molar-refractivity contribution in [3.8, 4) is 0 Å². The van der Waals surface area contributed by atoms with Crippen LogP contribution in [0.4, 0.5) is 5.95 Å². The minimum absolute atomic E-state index is 0.185. The summed E-state index contributed by atoms with van der Waals surface area (Å²) in [6, 6.07) is 0.185. The first-order chi connectivity index (χ1) is 9.11. The fraction of sp³-hybridized carbons (Fsp3) is 0.538. The molecule has 0 bridgehead atoms. The molecule has 0 radical (unpaired) electrons. The van der Waals surface area contributed by atoms with Crippen LogP contribution in [0.1, 0.15) is 28.5 Å². The molecule has 6 heteroatoms. The quantitative estimate of drug-likeness (QED) is 0.826. The minimum Gasteiger partial charge on any atom is -0.383 e. The van der Waals surface area contributed by atoms with E-state index in [4.69, 9.17) is 4.74 Å². The van der Waals surface area contributed by atoms with E-state index in [-0.39, 0.29) is 6.04 Å². The fourth-order valence-corrected chi connectivity index (χ4v) is 2.72. The molecule has 0 saturated carbocycles. The lowest BCUT2D eigenvalue weighted by Gasteiger charge is -2.14. The number of methoxy groups -OCH3 is 1. The molecule has 19 heavy (non-hydrogen) atoms. The molecule has 104 valence electrons. The van der Waals surface area contributed by atoms with Gasteiger partial charge in [-0.15, -0.1) is 11.3 Å². The van der Waals surface area contributed by atoms with E-state index in [2.05, 4.69) is 39.9 Å². The molecule has 0 aromatic carbocycles. The standard InChI is InChI=1S/C13H20N4OS/c1-9-8-17(13(16-9)14-5-6-18-4)11(3)12-15-7-10(2)19-12/h7-8,11H,5-6H2,1-4H3,(H,14,16). The monoisotopic (exact) mass is 280 g/mol. The highest BCUT2D eigenvalue weighted by atomic mass is 32.1. The topological polar surface area (TPSA) is 52.0 Å². The molecule has 2 aromatic rings. The van der Waals surface area contributed by atoms with Crippen LogP contribution in [0.3, 0.4) is 0 Å². The summed E-state index contributed by atoms with van der Waals surface area (Å²) in [5.74, 6) is 0.870. The van der Waals surface area contributed by atoms with Crippen molar-refractivity contribution in [2.75, 3.05) is 25.6 Å². The van der Waals surface area contributed by atoms with Gasteiger partial charge in [-0.1, -0.05) is 0 Å². The average molecular weight is 280 g/mol. The zero-order valence-corrected chi connectivity index (χ0v) is 12.6. The van der Waals surface area contributed by atoms with Crippen molar-refractivity contribution >= 4 is 17.3 Å². The summed E-state index contributed by atoms with van der Waals surface area (Å²) in [7, 11) is 1.69. The second-order valence-electron chi connectivity index (χ2n) is 4.52. The van der Waals surface area contributed by atoms with Gasteiger partial charge in [0.05, 0.1) is 18.3 Å². The number of nitrogens with zero attached hydrogens (tertiary/aromatic N) is 3. The number of thiazole rings is 1. The van der Waals surface area contributed by atoms with Gasteiger partial charge in [-0.2, -0.15) is 0 Å². The summed E-state index contributed by atoms with van der Waals surface area (Å²) in [4.78, 5) is 10.2. The van der Waals surface area contributed by atoms with Crippen molar-refractivity contribution in [3.63, 3.8) is 0 Å². The smallest absolute Gasteiger partial charge is 0.203 e. The van der Waals surface area contributed by atoms with E-state index in [9.17, 15) is 0 Å². The lowest BCUT2D eigenvalue weighted by molar-refractivity contribution is 0.210. The minimum atomic E-state index is 0.185. The van der Waals surface area contributed by atoms with Crippen molar-refractivity contribution in [3.05, 3.63) is 28.0 Å². The second-order valence-corrected chi connectivity index (χ2v) is 5.78. The van der Waals surface area contributed by atoms with E-state index in [1.807, 2.05) is 13.1 Å². The summed E-state index contributed by atoms with van der Waals surface area (Å²) in [5, 5.41) is 4.40. The largest absolute Gasteiger partial charge is 0.383 e. The van der Waals surface area contributed by atoms with Crippen LogP contribution in [-0.4, -0.2) is 34.8 Å². The van der Waals surface area contributed by atoms with Gasteiger partial charge in [0, 0.05) is 30.9 Å². The zero-order valence-electron chi connectivity index (χ0n) is 11.8. The average Bonchev–Trinajstić information content (AvgIpc) is 2.95. The Morgan fingerprint density at radius 1 is 1.47 bits per heavy atom. The number of imidazole rings is 1. The Hall–Kier alpha value is -1.40. The second kappa shape index (κ2) is 6.16. The predicted octanol–water partition coefficient (Wildman–Crippen LogP) is 2.62. The Balaban J connectivity index is 2.18. The Morgan fingerprint density at radius 3 is 2.89 bits per heavy atom. The van der Waals surface area contributed by atoms with Gasteiger partial charge in [0.1, 0.15) is 5.01 Å². The number of aromatic nitrogens is 3. The highest BCUT2D eigenvalue weighted by Gasteiger charge is 2.16. The molecule has 5 nitrogen and oxygen atoms in total. The number of hydrogen-bond donors (Lipinski definition) is 1. The Morgan fingerprint density at radius 2 is 2.26 bits per heavy atom. The number of ether oxygens (including phenoxy) is 1. The van der Waals surface area contributed by atoms with Gasteiger partial charge in [0.15, 0.2) is 0 Å². The van der Waals surface area contributed by atoms with Gasteiger partial charge in [-0.25, -0.2) is 9.97 Å². The lowest BCUT2D eigenvalue weighted by atomic mass is 10.3. The number of nitrogens with one attached hydrogen (secondary N) is 1. The maximum atomic E-state index is 5.05. The first-order valence-corrected chi connectivity index (χ1v) is 7.14.